The van der Waals surface area contributed by atoms with Gasteiger partial charge in [-0.2, -0.15) is 5.10 Å². The van der Waals surface area contributed by atoms with Gasteiger partial charge in [-0.1, -0.05) is 30.3 Å². The van der Waals surface area contributed by atoms with Gasteiger partial charge in [0.15, 0.2) is 5.96 Å². The maximum absolute atomic E-state index is 10.7. The average Bonchev–Trinajstić information content (AvgIpc) is 3.21. The molecule has 0 bridgehead atoms. The molecule has 0 saturated carbocycles. The molecule has 170 valence electrons. The molecular formula is C25H33N5O2. The van der Waals surface area contributed by atoms with E-state index in [-0.39, 0.29) is 6.10 Å². The summed E-state index contributed by atoms with van der Waals surface area (Å²) < 4.78 is 7.60. The number of guanidine groups is 1. The minimum Gasteiger partial charge on any atom is -0.491 e. The van der Waals surface area contributed by atoms with Crippen LogP contribution in [0.2, 0.25) is 0 Å². The molecule has 0 aliphatic heterocycles. The molecule has 1 unspecified atom stereocenters. The molecule has 0 radical (unpaired) electrons. The highest BCUT2D eigenvalue weighted by atomic mass is 16.5. The number of aromatic nitrogens is 2. The average molecular weight is 436 g/mol. The Morgan fingerprint density at radius 2 is 1.94 bits per heavy atom. The number of benzene rings is 2. The molecule has 0 spiro atoms. The predicted molar refractivity (Wildman–Crippen MR) is 128 cm³/mol. The van der Waals surface area contributed by atoms with Crippen molar-refractivity contribution in [2.24, 2.45) is 4.99 Å². The van der Waals surface area contributed by atoms with E-state index < -0.39 is 6.10 Å². The highest BCUT2D eigenvalue weighted by Crippen LogP contribution is 2.20. The molecule has 3 N–H and O–H groups in total. The van der Waals surface area contributed by atoms with Crippen molar-refractivity contribution in [3.63, 3.8) is 0 Å². The molecule has 1 heterocycles. The first kappa shape index (κ1) is 23.3. The number of nitrogens with zero attached hydrogens (tertiary/aromatic N) is 3. The molecular weight excluding hydrogens is 402 g/mol. The number of hydrogen-bond donors (Lipinski definition) is 3. The fourth-order valence-electron chi connectivity index (χ4n) is 3.30. The molecule has 0 fully saturated rings. The first-order chi connectivity index (χ1) is 15.5. The van der Waals surface area contributed by atoms with Gasteiger partial charge in [0.2, 0.25) is 0 Å². The zero-order valence-corrected chi connectivity index (χ0v) is 19.2. The van der Waals surface area contributed by atoms with Crippen LogP contribution < -0.4 is 15.4 Å². The molecule has 7 heteroatoms. The van der Waals surface area contributed by atoms with Gasteiger partial charge in [-0.05, 0) is 63.1 Å². The second kappa shape index (κ2) is 11.3. The standard InChI is InChI=1S/C25H33N5O2/c1-5-26-25(28-17-24(31)20-10-8-11-22(15-20)32-18(2)3)27-16-21-9-6-7-12-23(21)30-14-13-19(4)29-30/h6-15,18,24,31H,5,16-17H2,1-4H3,(H2,26,27,28). The Morgan fingerprint density at radius 1 is 1.12 bits per heavy atom. The second-order valence-electron chi connectivity index (χ2n) is 7.86. The summed E-state index contributed by atoms with van der Waals surface area (Å²) in [5, 5.41) is 21.7. The SMILES string of the molecule is CCNC(=NCc1ccccc1-n1ccc(C)n1)NCC(O)c1cccc(OC(C)C)c1. The first-order valence-electron chi connectivity index (χ1n) is 11.0. The van der Waals surface area contributed by atoms with Crippen LogP contribution in [0.5, 0.6) is 5.75 Å². The third-order valence-electron chi connectivity index (χ3n) is 4.79. The lowest BCUT2D eigenvalue weighted by atomic mass is 10.1. The molecule has 0 amide bonds. The van der Waals surface area contributed by atoms with Gasteiger partial charge in [-0.15, -0.1) is 0 Å². The Hall–Kier alpha value is -3.32. The van der Waals surface area contributed by atoms with Crippen molar-refractivity contribution in [2.45, 2.75) is 46.4 Å². The molecule has 7 nitrogen and oxygen atoms in total. The van der Waals surface area contributed by atoms with Gasteiger partial charge in [-0.3, -0.25) is 0 Å². The van der Waals surface area contributed by atoms with E-state index in [2.05, 4.69) is 21.8 Å². The quantitative estimate of drug-likeness (QED) is 0.352. The lowest BCUT2D eigenvalue weighted by molar-refractivity contribution is 0.179. The lowest BCUT2D eigenvalue weighted by Gasteiger charge is -2.17. The predicted octanol–water partition coefficient (Wildman–Crippen LogP) is 3.76. The summed E-state index contributed by atoms with van der Waals surface area (Å²) in [5.41, 5.74) is 3.83. The van der Waals surface area contributed by atoms with Crippen LogP contribution in [0.25, 0.3) is 5.69 Å². The van der Waals surface area contributed by atoms with E-state index in [0.29, 0.717) is 19.0 Å². The van der Waals surface area contributed by atoms with E-state index in [1.54, 1.807) is 0 Å². The van der Waals surface area contributed by atoms with E-state index in [1.165, 1.54) is 0 Å². The highest BCUT2D eigenvalue weighted by molar-refractivity contribution is 5.79. The van der Waals surface area contributed by atoms with Crippen LogP contribution in [0.15, 0.2) is 65.8 Å². The number of aliphatic hydroxyl groups is 1. The molecule has 3 rings (SSSR count). The Kier molecular flexibility index (Phi) is 8.27. The van der Waals surface area contributed by atoms with Crippen LogP contribution >= 0.6 is 0 Å². The highest BCUT2D eigenvalue weighted by Gasteiger charge is 2.11. The van der Waals surface area contributed by atoms with E-state index in [4.69, 9.17) is 9.73 Å². The van der Waals surface area contributed by atoms with Crippen LogP contribution in [-0.4, -0.2) is 40.0 Å². The van der Waals surface area contributed by atoms with Gasteiger partial charge in [0, 0.05) is 19.3 Å². The summed E-state index contributed by atoms with van der Waals surface area (Å²) in [5.74, 6) is 1.40. The van der Waals surface area contributed by atoms with Crippen molar-refractivity contribution >= 4 is 5.96 Å². The van der Waals surface area contributed by atoms with Crippen molar-refractivity contribution < 1.29 is 9.84 Å². The number of rotatable bonds is 9. The molecule has 32 heavy (non-hydrogen) atoms. The third kappa shape index (κ3) is 6.59. The fourth-order valence-corrected chi connectivity index (χ4v) is 3.30. The zero-order valence-electron chi connectivity index (χ0n) is 19.2. The molecule has 0 aliphatic carbocycles. The molecule has 3 aromatic rings. The fraction of sp³-hybridized carbons (Fsp3) is 0.360. The summed E-state index contributed by atoms with van der Waals surface area (Å²) >= 11 is 0. The Morgan fingerprint density at radius 3 is 2.66 bits per heavy atom. The summed E-state index contributed by atoms with van der Waals surface area (Å²) in [4.78, 5) is 4.72. The first-order valence-corrected chi connectivity index (χ1v) is 11.0. The van der Waals surface area contributed by atoms with Gasteiger partial charge < -0.3 is 20.5 Å². The molecule has 1 atom stereocenters. The van der Waals surface area contributed by atoms with Crippen molar-refractivity contribution in [3.05, 3.63) is 77.6 Å². The van der Waals surface area contributed by atoms with Crippen LogP contribution in [0, 0.1) is 6.92 Å². The van der Waals surface area contributed by atoms with Crippen LogP contribution in [0.1, 0.15) is 43.7 Å². The monoisotopic (exact) mass is 435 g/mol. The summed E-state index contributed by atoms with van der Waals surface area (Å²) in [6.45, 7) is 9.49. The van der Waals surface area contributed by atoms with E-state index >= 15 is 0 Å². The topological polar surface area (TPSA) is 83.7 Å². The Bertz CT molecular complexity index is 1030. The summed E-state index contributed by atoms with van der Waals surface area (Å²) in [6.07, 6.45) is 1.35. The zero-order chi connectivity index (χ0) is 22.9. The minimum atomic E-state index is -0.686. The number of aliphatic hydroxyl groups excluding tert-OH is 1. The van der Waals surface area contributed by atoms with Gasteiger partial charge in [-0.25, -0.2) is 9.67 Å². The van der Waals surface area contributed by atoms with Gasteiger partial charge in [0.25, 0.3) is 0 Å². The Balaban J connectivity index is 1.67. The smallest absolute Gasteiger partial charge is 0.191 e. The van der Waals surface area contributed by atoms with Crippen molar-refractivity contribution in [1.82, 2.24) is 20.4 Å². The van der Waals surface area contributed by atoms with Crippen LogP contribution in [0.4, 0.5) is 0 Å². The molecule has 0 aliphatic rings. The normalized spacial score (nSPS) is 12.6. The third-order valence-corrected chi connectivity index (χ3v) is 4.79. The number of aliphatic imine (C=N–C) groups is 1. The van der Waals surface area contributed by atoms with Gasteiger partial charge in [0.1, 0.15) is 5.75 Å². The van der Waals surface area contributed by atoms with Crippen LogP contribution in [0.3, 0.4) is 0 Å². The van der Waals surface area contributed by atoms with Crippen LogP contribution in [-0.2, 0) is 6.54 Å². The summed E-state index contributed by atoms with van der Waals surface area (Å²) in [6, 6.07) is 17.6. The maximum atomic E-state index is 10.7. The van der Waals surface area contributed by atoms with E-state index in [9.17, 15) is 5.11 Å². The van der Waals surface area contributed by atoms with Crippen molar-refractivity contribution in [1.29, 1.82) is 0 Å². The number of aryl methyl sites for hydroxylation is 1. The number of ether oxygens (including phenoxy) is 1. The number of para-hydroxylation sites is 1. The lowest BCUT2D eigenvalue weighted by Crippen LogP contribution is -2.39. The van der Waals surface area contributed by atoms with Crippen molar-refractivity contribution in [2.75, 3.05) is 13.1 Å². The number of nitrogens with one attached hydrogen (secondary N) is 2. The van der Waals surface area contributed by atoms with E-state index in [1.807, 2.05) is 87.1 Å². The molecule has 1 aromatic heterocycles. The molecule has 2 aromatic carbocycles. The van der Waals surface area contributed by atoms with Gasteiger partial charge in [0.05, 0.1) is 30.1 Å². The Labute approximate surface area is 190 Å². The maximum Gasteiger partial charge on any atom is 0.191 e. The summed E-state index contributed by atoms with van der Waals surface area (Å²) in [7, 11) is 0. The number of hydrogen-bond acceptors (Lipinski definition) is 4. The van der Waals surface area contributed by atoms with Gasteiger partial charge >= 0.3 is 0 Å². The largest absolute Gasteiger partial charge is 0.491 e. The molecule has 0 saturated heterocycles. The van der Waals surface area contributed by atoms with E-state index in [0.717, 1.165) is 34.8 Å². The van der Waals surface area contributed by atoms with Crippen molar-refractivity contribution in [3.8, 4) is 11.4 Å². The minimum absolute atomic E-state index is 0.0848. The second-order valence-corrected chi connectivity index (χ2v) is 7.86.